The number of hydrazone groups is 1. The summed E-state index contributed by atoms with van der Waals surface area (Å²) in [6, 6.07) is 10.4. The highest BCUT2D eigenvalue weighted by molar-refractivity contribution is 7.89. The molecule has 0 spiro atoms. The molecule has 0 radical (unpaired) electrons. The van der Waals surface area contributed by atoms with E-state index in [9.17, 15) is 8.42 Å². The van der Waals surface area contributed by atoms with Crippen molar-refractivity contribution >= 4 is 16.2 Å². The van der Waals surface area contributed by atoms with Crippen molar-refractivity contribution in [1.29, 1.82) is 0 Å². The maximum absolute atomic E-state index is 12.4. The maximum Gasteiger partial charge on any atom is 0.276 e. The van der Waals surface area contributed by atoms with E-state index < -0.39 is 10.0 Å². The predicted octanol–water partition coefficient (Wildman–Crippen LogP) is 3.03. The third kappa shape index (κ3) is 5.50. The first-order valence-corrected chi connectivity index (χ1v) is 9.81. The van der Waals surface area contributed by atoms with Crippen molar-refractivity contribution in [3.8, 4) is 23.8 Å². The highest BCUT2D eigenvalue weighted by Gasteiger charge is 2.15. The van der Waals surface area contributed by atoms with Crippen molar-refractivity contribution in [2.24, 2.45) is 5.10 Å². The lowest BCUT2D eigenvalue weighted by molar-refractivity contribution is 0.299. The van der Waals surface area contributed by atoms with Gasteiger partial charge in [0.1, 0.15) is 6.61 Å². The minimum absolute atomic E-state index is 0.128. The van der Waals surface area contributed by atoms with Gasteiger partial charge in [0.15, 0.2) is 11.5 Å². The first-order chi connectivity index (χ1) is 12.9. The second kappa shape index (κ2) is 9.10. The standard InChI is InChI=1S/C20H22N2O4S/c1-5-11-26-18-10-9-17(13-19(18)25-6-2)14-21-22-27(23,24)20-12-15(3)7-8-16(20)4/h1,7-10,12-14,22H,6,11H2,2-4H3/b21-14-. The normalized spacial score (nSPS) is 11.2. The molecule has 7 heteroatoms. The van der Waals surface area contributed by atoms with Crippen molar-refractivity contribution in [3.63, 3.8) is 0 Å². The highest BCUT2D eigenvalue weighted by Crippen LogP contribution is 2.28. The Hall–Kier alpha value is -2.98. The topological polar surface area (TPSA) is 77.0 Å². The Morgan fingerprint density at radius 2 is 1.93 bits per heavy atom. The fourth-order valence-corrected chi connectivity index (χ4v) is 3.45. The minimum atomic E-state index is -3.75. The summed E-state index contributed by atoms with van der Waals surface area (Å²) < 4.78 is 35.8. The van der Waals surface area contributed by atoms with E-state index in [0.29, 0.717) is 29.2 Å². The number of benzene rings is 2. The van der Waals surface area contributed by atoms with Gasteiger partial charge in [-0.15, -0.1) is 6.42 Å². The van der Waals surface area contributed by atoms with Crippen LogP contribution in [-0.2, 0) is 10.0 Å². The molecule has 0 aliphatic carbocycles. The summed E-state index contributed by atoms with van der Waals surface area (Å²) in [6.45, 7) is 6.00. The van der Waals surface area contributed by atoms with E-state index in [0.717, 1.165) is 5.56 Å². The molecule has 0 aliphatic rings. The molecule has 6 nitrogen and oxygen atoms in total. The van der Waals surface area contributed by atoms with Crippen LogP contribution in [-0.4, -0.2) is 27.8 Å². The summed E-state index contributed by atoms with van der Waals surface area (Å²) in [5.41, 5.74) is 2.15. The minimum Gasteiger partial charge on any atom is -0.490 e. The van der Waals surface area contributed by atoms with Crippen LogP contribution < -0.4 is 14.3 Å². The van der Waals surface area contributed by atoms with E-state index in [1.807, 2.05) is 19.9 Å². The zero-order valence-electron chi connectivity index (χ0n) is 15.5. The van der Waals surface area contributed by atoms with Crippen molar-refractivity contribution in [2.75, 3.05) is 13.2 Å². The molecule has 2 aromatic carbocycles. The average molecular weight is 386 g/mol. The molecule has 1 N–H and O–H groups in total. The van der Waals surface area contributed by atoms with Gasteiger partial charge in [-0.2, -0.15) is 13.5 Å². The maximum atomic E-state index is 12.4. The van der Waals surface area contributed by atoms with E-state index in [4.69, 9.17) is 15.9 Å². The molecule has 0 unspecified atom stereocenters. The molecule has 0 heterocycles. The summed E-state index contributed by atoms with van der Waals surface area (Å²) in [6.07, 6.45) is 6.60. The van der Waals surface area contributed by atoms with Crippen LogP contribution in [0.25, 0.3) is 0 Å². The summed E-state index contributed by atoms with van der Waals surface area (Å²) in [5.74, 6) is 3.42. The Kier molecular flexibility index (Phi) is 6.85. The van der Waals surface area contributed by atoms with Crippen molar-refractivity contribution in [2.45, 2.75) is 25.7 Å². The predicted molar refractivity (Wildman–Crippen MR) is 106 cm³/mol. The fraction of sp³-hybridized carbons (Fsp3) is 0.250. The van der Waals surface area contributed by atoms with Crippen LogP contribution in [0.4, 0.5) is 0 Å². The number of nitrogens with zero attached hydrogens (tertiary/aromatic N) is 1. The number of hydrogen-bond donors (Lipinski definition) is 1. The van der Waals surface area contributed by atoms with Crippen LogP contribution in [0.1, 0.15) is 23.6 Å². The first kappa shape index (κ1) is 20.3. The van der Waals surface area contributed by atoms with Gasteiger partial charge < -0.3 is 9.47 Å². The van der Waals surface area contributed by atoms with Gasteiger partial charge in [0, 0.05) is 0 Å². The van der Waals surface area contributed by atoms with Gasteiger partial charge in [0.25, 0.3) is 10.0 Å². The number of nitrogens with one attached hydrogen (secondary N) is 1. The number of rotatable bonds is 8. The van der Waals surface area contributed by atoms with Gasteiger partial charge in [0.05, 0.1) is 17.7 Å². The third-order valence-corrected chi connectivity index (χ3v) is 4.96. The first-order valence-electron chi connectivity index (χ1n) is 8.32. The van der Waals surface area contributed by atoms with Crippen LogP contribution >= 0.6 is 0 Å². The zero-order valence-corrected chi connectivity index (χ0v) is 16.3. The highest BCUT2D eigenvalue weighted by atomic mass is 32.2. The van der Waals surface area contributed by atoms with Crippen molar-refractivity contribution in [1.82, 2.24) is 4.83 Å². The van der Waals surface area contributed by atoms with Gasteiger partial charge in [-0.1, -0.05) is 18.1 Å². The van der Waals surface area contributed by atoms with Gasteiger partial charge in [-0.05, 0) is 61.7 Å². The number of aryl methyl sites for hydroxylation is 2. The molecule has 0 aliphatic heterocycles. The van der Waals surface area contributed by atoms with Crippen LogP contribution in [0.3, 0.4) is 0 Å². The molecule has 0 bridgehead atoms. The number of sulfonamides is 1. The second-order valence-corrected chi connectivity index (χ2v) is 7.38. The third-order valence-electron chi connectivity index (χ3n) is 3.60. The number of hydrogen-bond acceptors (Lipinski definition) is 5. The summed E-state index contributed by atoms with van der Waals surface area (Å²) in [4.78, 5) is 2.44. The van der Waals surface area contributed by atoms with E-state index in [-0.39, 0.29) is 11.5 Å². The van der Waals surface area contributed by atoms with Gasteiger partial charge in [-0.3, -0.25) is 0 Å². The molecule has 27 heavy (non-hydrogen) atoms. The van der Waals surface area contributed by atoms with Crippen molar-refractivity contribution in [3.05, 3.63) is 53.1 Å². The molecule has 0 saturated carbocycles. The molecule has 0 atom stereocenters. The number of ether oxygens (including phenoxy) is 2. The van der Waals surface area contributed by atoms with Crippen molar-refractivity contribution < 1.29 is 17.9 Å². The lowest BCUT2D eigenvalue weighted by Gasteiger charge is -2.11. The summed E-state index contributed by atoms with van der Waals surface area (Å²) in [5, 5.41) is 3.86. The monoisotopic (exact) mass is 386 g/mol. The Balaban J connectivity index is 2.19. The fourth-order valence-electron chi connectivity index (χ4n) is 2.33. The molecule has 0 aromatic heterocycles. The summed E-state index contributed by atoms with van der Waals surface area (Å²) >= 11 is 0. The van der Waals surface area contributed by atoms with E-state index in [1.165, 1.54) is 6.21 Å². The Labute approximate surface area is 160 Å². The molecule has 2 aromatic rings. The average Bonchev–Trinajstić information content (AvgIpc) is 2.63. The molecular weight excluding hydrogens is 364 g/mol. The molecule has 0 saturated heterocycles. The molecule has 2 rings (SSSR count). The van der Waals surface area contributed by atoms with Gasteiger partial charge in [-0.25, -0.2) is 4.83 Å². The molecule has 0 amide bonds. The zero-order chi connectivity index (χ0) is 19.9. The lowest BCUT2D eigenvalue weighted by atomic mass is 10.2. The Morgan fingerprint density at radius 3 is 2.63 bits per heavy atom. The van der Waals surface area contributed by atoms with Crippen LogP contribution in [0.5, 0.6) is 11.5 Å². The quantitative estimate of drug-likeness (QED) is 0.430. The van der Waals surface area contributed by atoms with Crippen LogP contribution in [0.15, 0.2) is 46.4 Å². The molecule has 0 fully saturated rings. The molecular formula is C20H22N2O4S. The molecule has 142 valence electrons. The van der Waals surface area contributed by atoms with E-state index in [2.05, 4.69) is 15.9 Å². The Bertz CT molecular complexity index is 976. The number of terminal acetylenes is 1. The summed E-state index contributed by atoms with van der Waals surface area (Å²) in [7, 11) is -3.75. The van der Waals surface area contributed by atoms with Gasteiger partial charge >= 0.3 is 0 Å². The van der Waals surface area contributed by atoms with Crippen LogP contribution in [0, 0.1) is 26.2 Å². The smallest absolute Gasteiger partial charge is 0.276 e. The van der Waals surface area contributed by atoms with E-state index in [1.54, 1.807) is 37.3 Å². The Morgan fingerprint density at radius 1 is 1.15 bits per heavy atom. The van der Waals surface area contributed by atoms with E-state index >= 15 is 0 Å². The SMILES string of the molecule is C#CCOc1ccc(/C=N\NS(=O)(=O)c2cc(C)ccc2C)cc1OCC. The largest absolute Gasteiger partial charge is 0.490 e. The second-order valence-electron chi connectivity index (χ2n) is 5.75. The van der Waals surface area contributed by atoms with Crippen LogP contribution in [0.2, 0.25) is 0 Å². The van der Waals surface area contributed by atoms with Gasteiger partial charge in [0.2, 0.25) is 0 Å². The lowest BCUT2D eigenvalue weighted by Crippen LogP contribution is -2.19.